The van der Waals surface area contributed by atoms with Crippen LogP contribution in [0, 0.1) is 9.49 Å². The second kappa shape index (κ2) is 3.37. The van der Waals surface area contributed by atoms with Gasteiger partial charge in [0, 0.05) is 3.57 Å². The van der Waals surface area contributed by atoms with Crippen LogP contribution in [0.3, 0.4) is 0 Å². The van der Waals surface area contributed by atoms with Crippen LogP contribution >= 0.6 is 22.6 Å². The number of rotatable bonds is 1. The fraction of sp³-hybridized carbons (Fsp3) is 0.222. The van der Waals surface area contributed by atoms with Crippen LogP contribution in [-0.4, -0.2) is 0 Å². The third-order valence-electron chi connectivity index (χ3n) is 1.40. The maximum absolute atomic E-state index is 2.33. The van der Waals surface area contributed by atoms with E-state index in [4.69, 9.17) is 0 Å². The minimum atomic E-state index is 1.30. The molecule has 0 atom stereocenters. The first kappa shape index (κ1) is 8.05. The van der Waals surface area contributed by atoms with E-state index in [0.29, 0.717) is 0 Å². The zero-order valence-electron chi connectivity index (χ0n) is 6.19. The lowest BCUT2D eigenvalue weighted by Crippen LogP contribution is -1.87. The van der Waals surface area contributed by atoms with Crippen molar-refractivity contribution < 1.29 is 0 Å². The normalized spacial score (nSPS) is 10.4. The number of hydrogen-bond donors (Lipinski definition) is 0. The smallest absolute Gasteiger partial charge is 0.0133 e. The molecule has 1 rings (SSSR count). The van der Waals surface area contributed by atoms with Crippen molar-refractivity contribution in [3.05, 3.63) is 39.3 Å². The van der Waals surface area contributed by atoms with E-state index in [-0.39, 0.29) is 0 Å². The average molecular weight is 245 g/mol. The molecule has 1 heteroatoms. The predicted molar refractivity (Wildman–Crippen MR) is 52.9 cm³/mol. The molecule has 1 radical (unpaired) electrons. The van der Waals surface area contributed by atoms with Gasteiger partial charge in [-0.25, -0.2) is 0 Å². The maximum atomic E-state index is 2.33. The fourth-order valence-electron chi connectivity index (χ4n) is 0.799. The van der Waals surface area contributed by atoms with Gasteiger partial charge in [-0.2, -0.15) is 0 Å². The second-order valence-corrected chi connectivity index (χ2v) is 3.76. The number of halogens is 1. The molecule has 0 aliphatic carbocycles. The van der Waals surface area contributed by atoms with E-state index in [2.05, 4.69) is 60.7 Å². The van der Waals surface area contributed by atoms with Crippen molar-refractivity contribution in [1.29, 1.82) is 0 Å². The minimum absolute atomic E-state index is 1.30. The summed E-state index contributed by atoms with van der Waals surface area (Å²) in [5.41, 5.74) is 1.34. The Bertz CT molecular complexity index is 216. The molecule has 0 unspecified atom stereocenters. The number of benzene rings is 1. The summed E-state index contributed by atoms with van der Waals surface area (Å²) in [5.74, 6) is 1.37. The second-order valence-electron chi connectivity index (χ2n) is 2.51. The lowest BCUT2D eigenvalue weighted by atomic mass is 10.0. The first-order valence-electron chi connectivity index (χ1n) is 3.26. The molecule has 53 valence electrons. The van der Waals surface area contributed by atoms with Gasteiger partial charge in [0.25, 0.3) is 0 Å². The Morgan fingerprint density at radius 3 is 2.40 bits per heavy atom. The lowest BCUT2D eigenvalue weighted by molar-refractivity contribution is 1.15. The summed E-state index contributed by atoms with van der Waals surface area (Å²) >= 11 is 2.33. The molecule has 1 aromatic carbocycles. The van der Waals surface area contributed by atoms with Crippen molar-refractivity contribution in [2.24, 2.45) is 0 Å². The molecule has 0 spiro atoms. The third kappa shape index (κ3) is 1.97. The first-order valence-corrected chi connectivity index (χ1v) is 4.34. The van der Waals surface area contributed by atoms with Crippen molar-refractivity contribution in [2.75, 3.05) is 0 Å². The molecular weight excluding hydrogens is 235 g/mol. The highest BCUT2D eigenvalue weighted by Crippen LogP contribution is 2.15. The first-order chi connectivity index (χ1) is 4.70. The molecule has 1 aromatic rings. The number of hydrogen-bond acceptors (Lipinski definition) is 0. The van der Waals surface area contributed by atoms with Crippen molar-refractivity contribution in [2.45, 2.75) is 13.8 Å². The molecular formula is C9H10I. The van der Waals surface area contributed by atoms with Crippen molar-refractivity contribution >= 4 is 22.6 Å². The van der Waals surface area contributed by atoms with Gasteiger partial charge in [0.15, 0.2) is 0 Å². The zero-order valence-corrected chi connectivity index (χ0v) is 8.34. The standard InChI is InChI=1S/C9H10I/c1-7(2)8-4-3-5-9(10)6-8/h3-6H,1-2H3. The van der Waals surface area contributed by atoms with Gasteiger partial charge in [-0.05, 0) is 46.2 Å². The van der Waals surface area contributed by atoms with Crippen LogP contribution in [-0.2, 0) is 0 Å². The topological polar surface area (TPSA) is 0 Å². The highest BCUT2D eigenvalue weighted by Gasteiger charge is 1.97. The van der Waals surface area contributed by atoms with E-state index in [1.807, 2.05) is 0 Å². The van der Waals surface area contributed by atoms with E-state index in [1.54, 1.807) is 0 Å². The summed E-state index contributed by atoms with van der Waals surface area (Å²) in [6, 6.07) is 8.52. The van der Waals surface area contributed by atoms with Crippen LogP contribution in [0.4, 0.5) is 0 Å². The highest BCUT2D eigenvalue weighted by molar-refractivity contribution is 14.1. The highest BCUT2D eigenvalue weighted by atomic mass is 127. The molecule has 0 saturated carbocycles. The molecule has 0 nitrogen and oxygen atoms in total. The van der Waals surface area contributed by atoms with Gasteiger partial charge >= 0.3 is 0 Å². The molecule has 0 aliphatic rings. The van der Waals surface area contributed by atoms with Crippen LogP contribution in [0.5, 0.6) is 0 Å². The third-order valence-corrected chi connectivity index (χ3v) is 2.07. The summed E-state index contributed by atoms with van der Waals surface area (Å²) in [6.45, 7) is 4.26. The van der Waals surface area contributed by atoms with Gasteiger partial charge in [-0.15, -0.1) is 0 Å². The molecule has 0 amide bonds. The Hall–Kier alpha value is -0.0500. The van der Waals surface area contributed by atoms with E-state index in [0.717, 1.165) is 0 Å². The summed E-state index contributed by atoms with van der Waals surface area (Å²) < 4.78 is 1.30. The molecule has 0 aromatic heterocycles. The molecule has 0 fully saturated rings. The van der Waals surface area contributed by atoms with Crippen LogP contribution in [0.1, 0.15) is 19.4 Å². The van der Waals surface area contributed by atoms with E-state index in [1.165, 1.54) is 15.1 Å². The summed E-state index contributed by atoms with van der Waals surface area (Å²) in [6.07, 6.45) is 0. The predicted octanol–water partition coefficient (Wildman–Crippen LogP) is 3.25. The lowest BCUT2D eigenvalue weighted by Gasteiger charge is -2.03. The van der Waals surface area contributed by atoms with Gasteiger partial charge < -0.3 is 0 Å². The summed E-state index contributed by atoms with van der Waals surface area (Å²) in [5, 5.41) is 0. The zero-order chi connectivity index (χ0) is 7.56. The van der Waals surface area contributed by atoms with Gasteiger partial charge in [0.1, 0.15) is 0 Å². The largest absolute Gasteiger partial charge is 0.0609 e. The molecule has 0 saturated heterocycles. The Balaban J connectivity index is 2.96. The van der Waals surface area contributed by atoms with Crippen molar-refractivity contribution in [3.8, 4) is 0 Å². The minimum Gasteiger partial charge on any atom is -0.0609 e. The van der Waals surface area contributed by atoms with Crippen LogP contribution in [0.25, 0.3) is 0 Å². The van der Waals surface area contributed by atoms with Crippen LogP contribution in [0.2, 0.25) is 0 Å². The monoisotopic (exact) mass is 245 g/mol. The van der Waals surface area contributed by atoms with Crippen LogP contribution < -0.4 is 0 Å². The Morgan fingerprint density at radius 2 is 2.00 bits per heavy atom. The van der Waals surface area contributed by atoms with Gasteiger partial charge in [-0.3, -0.25) is 0 Å². The van der Waals surface area contributed by atoms with Gasteiger partial charge in [0.05, 0.1) is 0 Å². The fourth-order valence-corrected chi connectivity index (χ4v) is 1.34. The van der Waals surface area contributed by atoms with Crippen molar-refractivity contribution in [3.63, 3.8) is 0 Å². The molecule has 10 heavy (non-hydrogen) atoms. The van der Waals surface area contributed by atoms with Gasteiger partial charge in [-0.1, -0.05) is 26.0 Å². The molecule has 0 heterocycles. The van der Waals surface area contributed by atoms with E-state index < -0.39 is 0 Å². The quantitative estimate of drug-likeness (QED) is 0.666. The Kier molecular flexibility index (Phi) is 2.72. The summed E-state index contributed by atoms with van der Waals surface area (Å²) in [4.78, 5) is 0. The molecule has 0 bridgehead atoms. The maximum Gasteiger partial charge on any atom is 0.0133 e. The Morgan fingerprint density at radius 1 is 1.30 bits per heavy atom. The van der Waals surface area contributed by atoms with Crippen LogP contribution in [0.15, 0.2) is 24.3 Å². The Labute approximate surface area is 75.8 Å². The molecule has 0 N–H and O–H groups in total. The van der Waals surface area contributed by atoms with Crippen molar-refractivity contribution in [1.82, 2.24) is 0 Å². The molecule has 0 aliphatic heterocycles. The summed E-state index contributed by atoms with van der Waals surface area (Å²) in [7, 11) is 0. The van der Waals surface area contributed by atoms with Gasteiger partial charge in [0.2, 0.25) is 0 Å². The SMILES string of the molecule is C[C](C)c1cccc(I)c1. The average Bonchev–Trinajstić information content (AvgIpc) is 1.88. The van der Waals surface area contributed by atoms with E-state index in [9.17, 15) is 0 Å². The van der Waals surface area contributed by atoms with E-state index >= 15 is 0 Å².